The lowest BCUT2D eigenvalue weighted by Crippen LogP contribution is -2.32. The van der Waals surface area contributed by atoms with Crippen molar-refractivity contribution in [3.05, 3.63) is 70.0 Å². The number of pyridine rings is 1. The Balaban J connectivity index is 2.07. The van der Waals surface area contributed by atoms with Crippen molar-refractivity contribution in [2.24, 2.45) is 16.8 Å². The zero-order chi connectivity index (χ0) is 18.3. The molecular weight excluding hydrogens is 328 g/mol. The standard InChI is InChI=1S/C19H18N6O/c1-10-15(11-5-4-6-12(9-11)18(24-20)25-21)17-16(23-19(10)26)13-7-2-3-8-14(13)22-17/h2-9,22H,20-21H2,1H3,(H,23,26)(H,24,25). The van der Waals surface area contributed by atoms with Gasteiger partial charge in [0.1, 0.15) is 0 Å². The molecule has 0 saturated heterocycles. The van der Waals surface area contributed by atoms with E-state index in [1.807, 2.05) is 55.5 Å². The van der Waals surface area contributed by atoms with E-state index in [2.05, 4.69) is 20.5 Å². The fourth-order valence-electron chi connectivity index (χ4n) is 3.35. The van der Waals surface area contributed by atoms with Crippen LogP contribution in [0.1, 0.15) is 11.1 Å². The molecule has 0 spiro atoms. The number of aromatic nitrogens is 2. The van der Waals surface area contributed by atoms with Crippen LogP contribution >= 0.6 is 0 Å². The number of nitrogens with zero attached hydrogens (tertiary/aromatic N) is 1. The Morgan fingerprint density at radius 3 is 2.65 bits per heavy atom. The molecule has 0 amide bonds. The second kappa shape index (κ2) is 6.05. The van der Waals surface area contributed by atoms with Crippen LogP contribution in [0.5, 0.6) is 0 Å². The van der Waals surface area contributed by atoms with Crippen LogP contribution in [-0.4, -0.2) is 15.8 Å². The SMILES string of the molecule is Cc1c(-c2cccc(/C(=N/N)NN)c2)c2[nH]c3ccccc3c2[nH]c1=O. The van der Waals surface area contributed by atoms with Crippen LogP contribution in [0.15, 0.2) is 58.4 Å². The maximum Gasteiger partial charge on any atom is 0.252 e. The highest BCUT2D eigenvalue weighted by molar-refractivity contribution is 6.10. The Kier molecular flexibility index (Phi) is 3.70. The Bertz CT molecular complexity index is 1220. The number of fused-ring (bicyclic) bond motifs is 3. The summed E-state index contributed by atoms with van der Waals surface area (Å²) in [5.74, 6) is 11.2. The average molecular weight is 346 g/mol. The molecule has 0 aliphatic carbocycles. The summed E-state index contributed by atoms with van der Waals surface area (Å²) in [4.78, 5) is 19.0. The fraction of sp³-hybridized carbons (Fsp3) is 0.0526. The van der Waals surface area contributed by atoms with Crippen molar-refractivity contribution < 1.29 is 0 Å². The number of hydrazine groups is 1. The minimum absolute atomic E-state index is 0.118. The van der Waals surface area contributed by atoms with Gasteiger partial charge in [-0.3, -0.25) is 4.79 Å². The van der Waals surface area contributed by atoms with Gasteiger partial charge in [-0.2, -0.15) is 5.10 Å². The molecule has 2 aromatic heterocycles. The summed E-state index contributed by atoms with van der Waals surface area (Å²) in [5, 5.41) is 4.63. The smallest absolute Gasteiger partial charge is 0.252 e. The van der Waals surface area contributed by atoms with Gasteiger partial charge in [-0.15, -0.1) is 0 Å². The Morgan fingerprint density at radius 1 is 1.08 bits per heavy atom. The van der Waals surface area contributed by atoms with Crippen LogP contribution in [-0.2, 0) is 0 Å². The van der Waals surface area contributed by atoms with Gasteiger partial charge in [0, 0.05) is 27.6 Å². The lowest BCUT2D eigenvalue weighted by molar-refractivity contribution is 1.00. The van der Waals surface area contributed by atoms with Crippen molar-refractivity contribution in [3.8, 4) is 11.1 Å². The van der Waals surface area contributed by atoms with Gasteiger partial charge >= 0.3 is 0 Å². The number of para-hydroxylation sites is 1. The Morgan fingerprint density at radius 2 is 1.88 bits per heavy atom. The number of benzene rings is 2. The molecule has 7 nitrogen and oxygen atoms in total. The third-order valence-corrected chi connectivity index (χ3v) is 4.60. The van der Waals surface area contributed by atoms with Crippen molar-refractivity contribution in [3.63, 3.8) is 0 Å². The quantitative estimate of drug-likeness (QED) is 0.165. The molecular formula is C19H18N6O. The molecule has 130 valence electrons. The normalized spacial score (nSPS) is 12.0. The first-order chi connectivity index (χ1) is 12.6. The third-order valence-electron chi connectivity index (χ3n) is 4.60. The van der Waals surface area contributed by atoms with Gasteiger partial charge in [0.15, 0.2) is 5.84 Å². The maximum atomic E-state index is 12.6. The van der Waals surface area contributed by atoms with E-state index in [9.17, 15) is 4.79 Å². The number of nitrogens with one attached hydrogen (secondary N) is 3. The Hall–Kier alpha value is -3.58. The van der Waals surface area contributed by atoms with Crippen LogP contribution in [0.3, 0.4) is 0 Å². The molecule has 0 atom stereocenters. The van der Waals surface area contributed by atoms with Gasteiger partial charge in [-0.05, 0) is 24.6 Å². The molecule has 4 rings (SSSR count). The van der Waals surface area contributed by atoms with Crippen LogP contribution in [0.25, 0.3) is 33.1 Å². The topological polar surface area (TPSA) is 125 Å². The molecule has 4 aromatic rings. The molecule has 2 heterocycles. The first-order valence-electron chi connectivity index (χ1n) is 8.12. The van der Waals surface area contributed by atoms with Crippen molar-refractivity contribution in [1.82, 2.24) is 15.4 Å². The molecule has 0 radical (unpaired) electrons. The van der Waals surface area contributed by atoms with Gasteiger partial charge < -0.3 is 21.2 Å². The molecule has 0 saturated carbocycles. The van der Waals surface area contributed by atoms with Crippen LogP contribution in [0.4, 0.5) is 0 Å². The van der Waals surface area contributed by atoms with E-state index >= 15 is 0 Å². The highest BCUT2D eigenvalue weighted by Crippen LogP contribution is 2.33. The molecule has 7 heteroatoms. The largest absolute Gasteiger partial charge is 0.353 e. The molecule has 0 unspecified atom stereocenters. The van der Waals surface area contributed by atoms with Gasteiger partial charge in [-0.25, -0.2) is 5.84 Å². The summed E-state index contributed by atoms with van der Waals surface area (Å²) < 4.78 is 0. The van der Waals surface area contributed by atoms with Crippen molar-refractivity contribution in [1.29, 1.82) is 0 Å². The number of aromatic amines is 2. The molecule has 7 N–H and O–H groups in total. The number of hydrogen-bond donors (Lipinski definition) is 5. The van der Waals surface area contributed by atoms with Gasteiger partial charge in [0.05, 0.1) is 11.0 Å². The first-order valence-corrected chi connectivity index (χ1v) is 8.12. The molecule has 26 heavy (non-hydrogen) atoms. The average Bonchev–Trinajstić information content (AvgIpc) is 3.02. The molecule has 0 bridgehead atoms. The number of hydrazone groups is 1. The molecule has 0 aliphatic rings. The zero-order valence-electron chi connectivity index (χ0n) is 14.1. The van der Waals surface area contributed by atoms with Crippen molar-refractivity contribution in [2.45, 2.75) is 6.92 Å². The minimum atomic E-state index is -0.118. The van der Waals surface area contributed by atoms with E-state index in [-0.39, 0.29) is 5.56 Å². The number of rotatable bonds is 2. The molecule has 0 aliphatic heterocycles. The fourth-order valence-corrected chi connectivity index (χ4v) is 3.35. The summed E-state index contributed by atoms with van der Waals surface area (Å²) in [6.45, 7) is 1.81. The number of amidine groups is 1. The number of nitrogens with two attached hydrogens (primary N) is 2. The van der Waals surface area contributed by atoms with Gasteiger partial charge in [0.25, 0.3) is 5.56 Å². The van der Waals surface area contributed by atoms with Gasteiger partial charge in [0.2, 0.25) is 0 Å². The second-order valence-corrected chi connectivity index (χ2v) is 6.08. The maximum absolute atomic E-state index is 12.6. The van der Waals surface area contributed by atoms with Crippen LogP contribution in [0.2, 0.25) is 0 Å². The van der Waals surface area contributed by atoms with Crippen molar-refractivity contribution in [2.75, 3.05) is 0 Å². The summed E-state index contributed by atoms with van der Waals surface area (Å²) in [5.41, 5.74) is 8.09. The van der Waals surface area contributed by atoms with E-state index in [1.165, 1.54) is 0 Å². The summed E-state index contributed by atoms with van der Waals surface area (Å²) >= 11 is 0. The highest BCUT2D eigenvalue weighted by atomic mass is 16.1. The summed E-state index contributed by atoms with van der Waals surface area (Å²) in [6.07, 6.45) is 0. The molecule has 2 aromatic carbocycles. The lowest BCUT2D eigenvalue weighted by atomic mass is 9.98. The molecule has 0 fully saturated rings. The lowest BCUT2D eigenvalue weighted by Gasteiger charge is -2.10. The predicted molar refractivity (Wildman–Crippen MR) is 105 cm³/mol. The zero-order valence-corrected chi connectivity index (χ0v) is 14.1. The van der Waals surface area contributed by atoms with E-state index in [0.717, 1.165) is 38.6 Å². The van der Waals surface area contributed by atoms with Crippen molar-refractivity contribution >= 4 is 27.8 Å². The summed E-state index contributed by atoms with van der Waals surface area (Å²) in [7, 11) is 0. The first kappa shape index (κ1) is 15.9. The van der Waals surface area contributed by atoms with E-state index < -0.39 is 0 Å². The van der Waals surface area contributed by atoms with Crippen LogP contribution in [0, 0.1) is 6.92 Å². The van der Waals surface area contributed by atoms with E-state index in [0.29, 0.717) is 11.4 Å². The summed E-state index contributed by atoms with van der Waals surface area (Å²) in [6, 6.07) is 15.4. The highest BCUT2D eigenvalue weighted by Gasteiger charge is 2.16. The van der Waals surface area contributed by atoms with Crippen LogP contribution < -0.4 is 22.7 Å². The monoisotopic (exact) mass is 346 g/mol. The van der Waals surface area contributed by atoms with E-state index in [4.69, 9.17) is 11.7 Å². The predicted octanol–water partition coefficient (Wildman–Crippen LogP) is 2.07. The second-order valence-electron chi connectivity index (χ2n) is 6.08. The third kappa shape index (κ3) is 2.34. The van der Waals surface area contributed by atoms with E-state index in [1.54, 1.807) is 0 Å². The number of hydrogen-bond acceptors (Lipinski definition) is 4. The minimum Gasteiger partial charge on any atom is -0.353 e. The number of H-pyrrole nitrogens is 2. The Labute approximate surface area is 148 Å². The van der Waals surface area contributed by atoms with Gasteiger partial charge in [-0.1, -0.05) is 36.4 Å².